The topological polar surface area (TPSA) is 75.4 Å². The van der Waals surface area contributed by atoms with Crippen LogP contribution in [0, 0.1) is 0 Å². The molecule has 0 radical (unpaired) electrons. The van der Waals surface area contributed by atoms with Crippen molar-refractivity contribution in [2.24, 2.45) is 5.73 Å². The van der Waals surface area contributed by atoms with Crippen LogP contribution in [-0.4, -0.2) is 42.4 Å². The van der Waals surface area contributed by atoms with Gasteiger partial charge in [-0.05, 0) is 19.8 Å². The van der Waals surface area contributed by atoms with Crippen molar-refractivity contribution in [3.63, 3.8) is 0 Å². The first kappa shape index (κ1) is 16.2. The Morgan fingerprint density at radius 1 is 1.47 bits per heavy atom. The van der Waals surface area contributed by atoms with Crippen LogP contribution in [-0.2, 0) is 9.59 Å². The molecule has 5 nitrogen and oxygen atoms in total. The van der Waals surface area contributed by atoms with Gasteiger partial charge < -0.3 is 16.0 Å². The number of nitrogens with one attached hydrogen (secondary N) is 1. The van der Waals surface area contributed by atoms with Crippen LogP contribution in [0.2, 0.25) is 0 Å². The van der Waals surface area contributed by atoms with E-state index in [1.165, 1.54) is 0 Å². The number of likely N-dealkylation sites (tertiary alicyclic amines) is 1. The molecule has 1 saturated heterocycles. The van der Waals surface area contributed by atoms with Gasteiger partial charge in [0.1, 0.15) is 0 Å². The Balaban J connectivity index is 0.00000256. The Kier molecular flexibility index (Phi) is 7.91. The molecule has 1 rings (SSSR count). The van der Waals surface area contributed by atoms with Gasteiger partial charge in [-0.2, -0.15) is 0 Å². The molecule has 0 bridgehead atoms. The van der Waals surface area contributed by atoms with Crippen molar-refractivity contribution in [1.82, 2.24) is 10.2 Å². The fourth-order valence-corrected chi connectivity index (χ4v) is 1.76. The van der Waals surface area contributed by atoms with Crippen molar-refractivity contribution < 1.29 is 9.59 Å². The van der Waals surface area contributed by atoms with E-state index in [2.05, 4.69) is 5.32 Å². The van der Waals surface area contributed by atoms with Crippen molar-refractivity contribution in [2.75, 3.05) is 19.6 Å². The zero-order valence-corrected chi connectivity index (χ0v) is 11.1. The summed E-state index contributed by atoms with van der Waals surface area (Å²) < 4.78 is 0. The van der Waals surface area contributed by atoms with E-state index in [0.29, 0.717) is 19.5 Å². The Morgan fingerprint density at radius 2 is 2.18 bits per heavy atom. The first-order valence-electron chi connectivity index (χ1n) is 5.90. The number of carbonyl (C=O) groups is 2. The number of halogens is 1. The third-order valence-electron chi connectivity index (χ3n) is 2.77. The van der Waals surface area contributed by atoms with E-state index in [1.54, 1.807) is 4.90 Å². The third kappa shape index (κ3) is 5.89. The smallest absolute Gasteiger partial charge is 0.239 e. The lowest BCUT2D eigenvalue weighted by atomic mass is 10.2. The molecule has 1 atom stereocenters. The minimum atomic E-state index is -0.117. The van der Waals surface area contributed by atoms with Gasteiger partial charge in [-0.25, -0.2) is 0 Å². The Labute approximate surface area is 109 Å². The lowest BCUT2D eigenvalue weighted by Gasteiger charge is -2.21. The fourth-order valence-electron chi connectivity index (χ4n) is 1.76. The average molecular weight is 264 g/mol. The van der Waals surface area contributed by atoms with E-state index in [0.717, 1.165) is 19.3 Å². The van der Waals surface area contributed by atoms with Crippen LogP contribution in [0.15, 0.2) is 0 Å². The summed E-state index contributed by atoms with van der Waals surface area (Å²) in [4.78, 5) is 24.8. The molecule has 3 N–H and O–H groups in total. The van der Waals surface area contributed by atoms with Gasteiger partial charge in [-0.3, -0.25) is 9.59 Å². The second-order valence-corrected chi connectivity index (χ2v) is 4.33. The molecule has 0 aromatic carbocycles. The van der Waals surface area contributed by atoms with Gasteiger partial charge >= 0.3 is 0 Å². The summed E-state index contributed by atoms with van der Waals surface area (Å²) in [7, 11) is 0. The number of rotatable bonds is 4. The largest absolute Gasteiger partial charge is 0.351 e. The SMILES string of the molecule is C[C@@H](CN)NC(=O)CN1CCCCCC1=O.Cl. The monoisotopic (exact) mass is 263 g/mol. The molecule has 2 amide bonds. The summed E-state index contributed by atoms with van der Waals surface area (Å²) in [5.41, 5.74) is 5.41. The molecular formula is C11H22ClN3O2. The van der Waals surface area contributed by atoms with Crippen molar-refractivity contribution in [1.29, 1.82) is 0 Å². The van der Waals surface area contributed by atoms with Crippen LogP contribution < -0.4 is 11.1 Å². The zero-order chi connectivity index (χ0) is 12.0. The van der Waals surface area contributed by atoms with E-state index >= 15 is 0 Å². The summed E-state index contributed by atoms with van der Waals surface area (Å²) in [5, 5.41) is 2.76. The molecule has 1 aliphatic rings. The van der Waals surface area contributed by atoms with Gasteiger partial charge in [0.2, 0.25) is 11.8 Å². The molecule has 100 valence electrons. The molecule has 1 fully saturated rings. The molecule has 6 heteroatoms. The number of hydrogen-bond acceptors (Lipinski definition) is 3. The molecule has 0 spiro atoms. The van der Waals surface area contributed by atoms with E-state index in [4.69, 9.17) is 5.73 Å². The van der Waals surface area contributed by atoms with Crippen LogP contribution in [0.3, 0.4) is 0 Å². The third-order valence-corrected chi connectivity index (χ3v) is 2.77. The number of hydrogen-bond donors (Lipinski definition) is 2. The normalized spacial score (nSPS) is 18.0. The molecule has 1 heterocycles. The molecule has 0 aromatic rings. The molecule has 17 heavy (non-hydrogen) atoms. The number of nitrogens with two attached hydrogens (primary N) is 1. The second-order valence-electron chi connectivity index (χ2n) is 4.33. The Bertz CT molecular complexity index is 261. The molecule has 1 aliphatic heterocycles. The van der Waals surface area contributed by atoms with Gasteiger partial charge in [0, 0.05) is 25.6 Å². The van der Waals surface area contributed by atoms with Crippen molar-refractivity contribution in [3.8, 4) is 0 Å². The standard InChI is InChI=1S/C11H21N3O2.ClH/c1-9(7-12)13-10(15)8-14-6-4-2-3-5-11(14)16;/h9H,2-8,12H2,1H3,(H,13,15);1H/t9-;/m0./s1. The maximum absolute atomic E-state index is 11.6. The van der Waals surface area contributed by atoms with Crippen LogP contribution in [0.25, 0.3) is 0 Å². The van der Waals surface area contributed by atoms with Gasteiger partial charge in [0.25, 0.3) is 0 Å². The molecular weight excluding hydrogens is 242 g/mol. The minimum absolute atomic E-state index is 0. The molecule has 0 aliphatic carbocycles. The highest BCUT2D eigenvalue weighted by Crippen LogP contribution is 2.10. The zero-order valence-electron chi connectivity index (χ0n) is 10.3. The quantitative estimate of drug-likeness (QED) is 0.765. The number of nitrogens with zero attached hydrogens (tertiary/aromatic N) is 1. The maximum atomic E-state index is 11.6. The Morgan fingerprint density at radius 3 is 2.82 bits per heavy atom. The number of carbonyl (C=O) groups excluding carboxylic acids is 2. The summed E-state index contributed by atoms with van der Waals surface area (Å²) in [6.45, 7) is 3.13. The molecule has 0 unspecified atom stereocenters. The predicted octanol–water partition coefficient (Wildman–Crippen LogP) is 0.274. The molecule has 0 aromatic heterocycles. The average Bonchev–Trinajstić information content (AvgIpc) is 2.44. The summed E-state index contributed by atoms with van der Waals surface area (Å²) >= 11 is 0. The van der Waals surface area contributed by atoms with Crippen LogP contribution in [0.4, 0.5) is 0 Å². The highest BCUT2D eigenvalue weighted by atomic mass is 35.5. The van der Waals surface area contributed by atoms with E-state index in [9.17, 15) is 9.59 Å². The second kappa shape index (κ2) is 8.31. The maximum Gasteiger partial charge on any atom is 0.239 e. The van der Waals surface area contributed by atoms with Gasteiger partial charge in [-0.1, -0.05) is 6.42 Å². The molecule has 0 saturated carbocycles. The highest BCUT2D eigenvalue weighted by molar-refractivity contribution is 5.85. The summed E-state index contributed by atoms with van der Waals surface area (Å²) in [6, 6.07) is -0.0328. The van der Waals surface area contributed by atoms with E-state index < -0.39 is 0 Å². The van der Waals surface area contributed by atoms with Crippen LogP contribution >= 0.6 is 12.4 Å². The first-order valence-corrected chi connectivity index (χ1v) is 5.90. The van der Waals surface area contributed by atoms with Gasteiger partial charge in [0.05, 0.1) is 6.54 Å². The van der Waals surface area contributed by atoms with Crippen molar-refractivity contribution in [3.05, 3.63) is 0 Å². The summed E-state index contributed by atoms with van der Waals surface area (Å²) in [5.74, 6) is -0.0266. The van der Waals surface area contributed by atoms with Crippen molar-refractivity contribution in [2.45, 2.75) is 38.6 Å². The summed E-state index contributed by atoms with van der Waals surface area (Å²) in [6.07, 6.45) is 3.57. The van der Waals surface area contributed by atoms with E-state index in [1.807, 2.05) is 6.92 Å². The minimum Gasteiger partial charge on any atom is -0.351 e. The van der Waals surface area contributed by atoms with Crippen LogP contribution in [0.5, 0.6) is 0 Å². The fraction of sp³-hybridized carbons (Fsp3) is 0.818. The van der Waals surface area contributed by atoms with E-state index in [-0.39, 0.29) is 36.8 Å². The Hall–Kier alpha value is -0.810. The highest BCUT2D eigenvalue weighted by Gasteiger charge is 2.19. The predicted molar refractivity (Wildman–Crippen MR) is 69.0 cm³/mol. The lowest BCUT2D eigenvalue weighted by molar-refractivity contribution is -0.135. The lowest BCUT2D eigenvalue weighted by Crippen LogP contribution is -2.45. The van der Waals surface area contributed by atoms with Crippen molar-refractivity contribution >= 4 is 24.2 Å². The van der Waals surface area contributed by atoms with Crippen LogP contribution in [0.1, 0.15) is 32.6 Å². The van der Waals surface area contributed by atoms with Gasteiger partial charge in [0.15, 0.2) is 0 Å². The first-order chi connectivity index (χ1) is 7.63. The number of amides is 2. The van der Waals surface area contributed by atoms with Gasteiger partial charge in [-0.15, -0.1) is 12.4 Å².